The summed E-state index contributed by atoms with van der Waals surface area (Å²) < 4.78 is 15.7. The molecule has 0 fully saturated rings. The standard InChI is InChI=1S/C19H17N5O5/c1-27-14-5-2-12(3-6-14)9-20-18-17(24(25)26)19(22-10-21-18)23-13-4-7-15-16(8-13)29-11-28-15/h2-8,10H,9,11H2,1H3,(H2,20,21,22,23). The molecule has 4 rings (SSSR count). The zero-order chi connectivity index (χ0) is 20.2. The average Bonchev–Trinajstić information content (AvgIpc) is 3.20. The molecule has 0 unspecified atom stereocenters. The van der Waals surface area contributed by atoms with Crippen LogP contribution in [0.3, 0.4) is 0 Å². The third kappa shape index (κ3) is 3.95. The van der Waals surface area contributed by atoms with Crippen LogP contribution in [0, 0.1) is 10.1 Å². The zero-order valence-corrected chi connectivity index (χ0v) is 15.4. The fraction of sp³-hybridized carbons (Fsp3) is 0.158. The number of rotatable bonds is 7. The lowest BCUT2D eigenvalue weighted by atomic mass is 10.2. The minimum absolute atomic E-state index is 0.0705. The number of benzene rings is 2. The van der Waals surface area contributed by atoms with Crippen LogP contribution >= 0.6 is 0 Å². The molecular formula is C19H17N5O5. The number of methoxy groups -OCH3 is 1. The normalized spacial score (nSPS) is 11.8. The zero-order valence-electron chi connectivity index (χ0n) is 15.4. The maximum Gasteiger partial charge on any atom is 0.353 e. The van der Waals surface area contributed by atoms with Crippen molar-refractivity contribution in [2.45, 2.75) is 6.54 Å². The Morgan fingerprint density at radius 3 is 2.62 bits per heavy atom. The van der Waals surface area contributed by atoms with Crippen molar-refractivity contribution < 1.29 is 19.1 Å². The molecule has 0 amide bonds. The van der Waals surface area contributed by atoms with Crippen LogP contribution in [-0.2, 0) is 6.54 Å². The highest BCUT2D eigenvalue weighted by Crippen LogP contribution is 2.37. The maximum atomic E-state index is 11.7. The van der Waals surface area contributed by atoms with Crippen LogP contribution in [0.25, 0.3) is 0 Å². The SMILES string of the molecule is COc1ccc(CNc2ncnc(Nc3ccc4c(c3)OCO4)c2[N+](=O)[O-])cc1. The van der Waals surface area contributed by atoms with Crippen molar-refractivity contribution >= 4 is 23.0 Å². The van der Waals surface area contributed by atoms with Crippen LogP contribution in [-0.4, -0.2) is 28.8 Å². The second-order valence-corrected chi connectivity index (χ2v) is 6.07. The van der Waals surface area contributed by atoms with Crippen LogP contribution in [0.5, 0.6) is 17.2 Å². The molecule has 0 bridgehead atoms. The lowest BCUT2D eigenvalue weighted by Gasteiger charge is -2.11. The molecule has 0 radical (unpaired) electrons. The molecule has 10 heteroatoms. The van der Waals surface area contributed by atoms with Gasteiger partial charge in [0, 0.05) is 18.3 Å². The van der Waals surface area contributed by atoms with Gasteiger partial charge in [0.1, 0.15) is 12.1 Å². The first-order chi connectivity index (χ1) is 14.1. The van der Waals surface area contributed by atoms with Gasteiger partial charge in [0.05, 0.1) is 12.0 Å². The number of nitro groups is 1. The van der Waals surface area contributed by atoms with Gasteiger partial charge in [0.2, 0.25) is 18.4 Å². The van der Waals surface area contributed by atoms with Crippen LogP contribution in [0.15, 0.2) is 48.8 Å². The van der Waals surface area contributed by atoms with E-state index in [0.29, 0.717) is 23.7 Å². The van der Waals surface area contributed by atoms with E-state index in [9.17, 15) is 10.1 Å². The third-order valence-electron chi connectivity index (χ3n) is 4.26. The highest BCUT2D eigenvalue weighted by atomic mass is 16.7. The van der Waals surface area contributed by atoms with Crippen molar-refractivity contribution in [2.75, 3.05) is 24.5 Å². The first kappa shape index (κ1) is 18.3. The number of fused-ring (bicyclic) bond motifs is 1. The summed E-state index contributed by atoms with van der Waals surface area (Å²) in [7, 11) is 1.59. The molecule has 29 heavy (non-hydrogen) atoms. The fourth-order valence-corrected chi connectivity index (χ4v) is 2.81. The molecule has 2 heterocycles. The molecule has 0 saturated heterocycles. The van der Waals surface area contributed by atoms with Gasteiger partial charge >= 0.3 is 5.69 Å². The van der Waals surface area contributed by atoms with E-state index >= 15 is 0 Å². The van der Waals surface area contributed by atoms with E-state index in [1.807, 2.05) is 24.3 Å². The molecule has 0 spiro atoms. The predicted molar refractivity (Wildman–Crippen MR) is 105 cm³/mol. The molecule has 1 aliphatic rings. The number of aromatic nitrogens is 2. The highest BCUT2D eigenvalue weighted by Gasteiger charge is 2.23. The molecule has 1 aromatic heterocycles. The Bertz CT molecular complexity index is 1040. The Morgan fingerprint density at radius 2 is 1.86 bits per heavy atom. The van der Waals surface area contributed by atoms with Gasteiger partial charge in [-0.2, -0.15) is 0 Å². The molecule has 10 nitrogen and oxygen atoms in total. The Hall–Kier alpha value is -4.08. The topological polar surface area (TPSA) is 121 Å². The Kier molecular flexibility index (Phi) is 4.97. The number of anilines is 3. The third-order valence-corrected chi connectivity index (χ3v) is 4.26. The molecular weight excluding hydrogens is 378 g/mol. The summed E-state index contributed by atoms with van der Waals surface area (Å²) in [5, 5.41) is 17.6. The number of ether oxygens (including phenoxy) is 3. The Morgan fingerprint density at radius 1 is 1.10 bits per heavy atom. The van der Waals surface area contributed by atoms with E-state index in [1.165, 1.54) is 6.33 Å². The van der Waals surface area contributed by atoms with Crippen molar-refractivity contribution in [3.63, 3.8) is 0 Å². The second-order valence-electron chi connectivity index (χ2n) is 6.07. The molecule has 3 aromatic rings. The van der Waals surface area contributed by atoms with Crippen molar-refractivity contribution in [1.82, 2.24) is 9.97 Å². The van der Waals surface area contributed by atoms with E-state index in [0.717, 1.165) is 11.3 Å². The van der Waals surface area contributed by atoms with Crippen molar-refractivity contribution in [2.24, 2.45) is 0 Å². The van der Waals surface area contributed by atoms with Crippen LogP contribution < -0.4 is 24.8 Å². The molecule has 0 aliphatic carbocycles. The first-order valence-electron chi connectivity index (χ1n) is 8.67. The van der Waals surface area contributed by atoms with Gasteiger partial charge in [-0.1, -0.05) is 12.1 Å². The van der Waals surface area contributed by atoms with E-state index < -0.39 is 4.92 Å². The second kappa shape index (κ2) is 7.89. The molecule has 0 atom stereocenters. The molecule has 0 saturated carbocycles. The van der Waals surface area contributed by atoms with Gasteiger partial charge in [-0.25, -0.2) is 9.97 Å². The van der Waals surface area contributed by atoms with Crippen molar-refractivity contribution in [1.29, 1.82) is 0 Å². The maximum absolute atomic E-state index is 11.7. The lowest BCUT2D eigenvalue weighted by molar-refractivity contribution is -0.383. The van der Waals surface area contributed by atoms with Crippen molar-refractivity contribution in [3.05, 3.63) is 64.5 Å². The van der Waals surface area contributed by atoms with Gasteiger partial charge < -0.3 is 24.8 Å². The minimum atomic E-state index is -0.522. The summed E-state index contributed by atoms with van der Waals surface area (Å²) in [5.74, 6) is 2.10. The summed E-state index contributed by atoms with van der Waals surface area (Å²) >= 11 is 0. The number of hydrogen-bond donors (Lipinski definition) is 2. The monoisotopic (exact) mass is 395 g/mol. The smallest absolute Gasteiger partial charge is 0.353 e. The van der Waals surface area contributed by atoms with Gasteiger partial charge in [0.15, 0.2) is 11.5 Å². The number of nitrogens with zero attached hydrogens (tertiary/aromatic N) is 3. The van der Waals surface area contributed by atoms with Gasteiger partial charge in [0.25, 0.3) is 0 Å². The summed E-state index contributed by atoms with van der Waals surface area (Å²) in [6.07, 6.45) is 1.26. The van der Waals surface area contributed by atoms with Crippen LogP contribution in [0.2, 0.25) is 0 Å². The molecule has 148 valence electrons. The predicted octanol–water partition coefficient (Wildman–Crippen LogP) is 3.48. The minimum Gasteiger partial charge on any atom is -0.497 e. The van der Waals surface area contributed by atoms with Crippen molar-refractivity contribution in [3.8, 4) is 17.2 Å². The molecule has 2 N–H and O–H groups in total. The van der Waals surface area contributed by atoms with E-state index in [4.69, 9.17) is 14.2 Å². The molecule has 2 aromatic carbocycles. The lowest BCUT2D eigenvalue weighted by Crippen LogP contribution is -2.08. The largest absolute Gasteiger partial charge is 0.497 e. The first-order valence-corrected chi connectivity index (χ1v) is 8.67. The Labute approximate surface area is 165 Å². The fourth-order valence-electron chi connectivity index (χ4n) is 2.81. The average molecular weight is 395 g/mol. The Balaban J connectivity index is 1.56. The summed E-state index contributed by atoms with van der Waals surface area (Å²) in [6.45, 7) is 0.497. The van der Waals surface area contributed by atoms with Gasteiger partial charge in [-0.3, -0.25) is 10.1 Å². The summed E-state index contributed by atoms with van der Waals surface area (Å²) in [4.78, 5) is 19.2. The number of hydrogen-bond acceptors (Lipinski definition) is 9. The highest BCUT2D eigenvalue weighted by molar-refractivity contribution is 5.74. The number of nitrogens with one attached hydrogen (secondary N) is 2. The van der Waals surface area contributed by atoms with Gasteiger partial charge in [-0.05, 0) is 29.8 Å². The summed E-state index contributed by atoms with van der Waals surface area (Å²) in [6, 6.07) is 12.5. The van der Waals surface area contributed by atoms with E-state index in [1.54, 1.807) is 25.3 Å². The van der Waals surface area contributed by atoms with E-state index in [2.05, 4.69) is 20.6 Å². The van der Waals surface area contributed by atoms with Crippen LogP contribution in [0.1, 0.15) is 5.56 Å². The van der Waals surface area contributed by atoms with Gasteiger partial charge in [-0.15, -0.1) is 0 Å². The molecule has 1 aliphatic heterocycles. The van der Waals surface area contributed by atoms with Crippen LogP contribution in [0.4, 0.5) is 23.0 Å². The quantitative estimate of drug-likeness (QED) is 0.457. The summed E-state index contributed by atoms with van der Waals surface area (Å²) in [5.41, 5.74) is 1.25. The van der Waals surface area contributed by atoms with E-state index in [-0.39, 0.29) is 24.1 Å².